The summed E-state index contributed by atoms with van der Waals surface area (Å²) in [5, 5.41) is 7.34. The van der Waals surface area contributed by atoms with E-state index in [0.29, 0.717) is 26.2 Å². The van der Waals surface area contributed by atoms with Crippen molar-refractivity contribution in [3.8, 4) is 0 Å². The maximum absolute atomic E-state index is 12.3. The number of carbonyl (C=O) groups excluding carboxylic acids is 1. The normalized spacial score (nSPS) is 19.7. The van der Waals surface area contributed by atoms with Gasteiger partial charge in [-0.2, -0.15) is 5.10 Å². The molecule has 2 aromatic heterocycles. The Bertz CT molecular complexity index is 697. The second kappa shape index (κ2) is 7.79. The summed E-state index contributed by atoms with van der Waals surface area (Å²) in [5.41, 5.74) is 0. The van der Waals surface area contributed by atoms with Crippen molar-refractivity contribution >= 4 is 5.91 Å². The number of nitrogens with one attached hydrogen (secondary N) is 1. The summed E-state index contributed by atoms with van der Waals surface area (Å²) in [6.45, 7) is 8.77. The second-order valence-corrected chi connectivity index (χ2v) is 6.42. The van der Waals surface area contributed by atoms with Gasteiger partial charge in [-0.25, -0.2) is 9.67 Å². The Hall–Kier alpha value is -2.19. The fraction of sp³-hybridized carbons (Fsp3) is 0.588. The Morgan fingerprint density at radius 2 is 2.32 bits per heavy atom. The van der Waals surface area contributed by atoms with E-state index in [2.05, 4.69) is 20.3 Å². The van der Waals surface area contributed by atoms with Gasteiger partial charge in [0.1, 0.15) is 17.4 Å². The Balaban J connectivity index is 1.49. The second-order valence-electron chi connectivity index (χ2n) is 6.42. The summed E-state index contributed by atoms with van der Waals surface area (Å²) in [6, 6.07) is 3.54. The van der Waals surface area contributed by atoms with Crippen LogP contribution in [0, 0.1) is 13.8 Å². The monoisotopic (exact) mass is 347 g/mol. The van der Waals surface area contributed by atoms with Crippen LogP contribution in [0.15, 0.2) is 22.8 Å². The molecule has 1 fully saturated rings. The third-order valence-electron chi connectivity index (χ3n) is 4.28. The number of morpholine rings is 1. The standard InChI is InChI=1S/C17H25N5O3/c1-12(16-5-4-7-25-16)18-17(23)11-21-6-8-24-15(9-21)10-22-14(3)19-13(2)20-22/h4-5,7,12,15H,6,8-11H2,1-3H3,(H,18,23)/t12-,15-/m0/s1. The lowest BCUT2D eigenvalue weighted by Gasteiger charge is -2.32. The first-order valence-electron chi connectivity index (χ1n) is 8.56. The fourth-order valence-electron chi connectivity index (χ4n) is 3.06. The number of nitrogens with zero attached hydrogens (tertiary/aromatic N) is 4. The van der Waals surface area contributed by atoms with E-state index in [1.165, 1.54) is 0 Å². The van der Waals surface area contributed by atoms with Crippen molar-refractivity contribution in [2.75, 3.05) is 26.2 Å². The molecule has 1 aliphatic heterocycles. The van der Waals surface area contributed by atoms with Gasteiger partial charge in [0.15, 0.2) is 0 Å². The van der Waals surface area contributed by atoms with Gasteiger partial charge in [-0.15, -0.1) is 0 Å². The van der Waals surface area contributed by atoms with Gasteiger partial charge in [0.2, 0.25) is 5.91 Å². The van der Waals surface area contributed by atoms with Crippen LogP contribution in [-0.4, -0.2) is 57.9 Å². The van der Waals surface area contributed by atoms with Gasteiger partial charge in [0.05, 0.1) is 38.1 Å². The van der Waals surface area contributed by atoms with Crippen LogP contribution >= 0.6 is 0 Å². The van der Waals surface area contributed by atoms with Crippen molar-refractivity contribution in [1.82, 2.24) is 25.0 Å². The van der Waals surface area contributed by atoms with E-state index < -0.39 is 0 Å². The first kappa shape index (κ1) is 17.6. The largest absolute Gasteiger partial charge is 0.467 e. The summed E-state index contributed by atoms with van der Waals surface area (Å²) >= 11 is 0. The van der Waals surface area contributed by atoms with Crippen LogP contribution in [-0.2, 0) is 16.1 Å². The minimum Gasteiger partial charge on any atom is -0.467 e. The number of hydrogen-bond acceptors (Lipinski definition) is 6. The molecule has 1 N–H and O–H groups in total. The molecule has 0 unspecified atom stereocenters. The number of aryl methyl sites for hydroxylation is 2. The number of ether oxygens (including phenoxy) is 1. The minimum absolute atomic E-state index is 0.00356. The summed E-state index contributed by atoms with van der Waals surface area (Å²) in [7, 11) is 0. The van der Waals surface area contributed by atoms with Crippen molar-refractivity contribution in [3.63, 3.8) is 0 Å². The fourth-order valence-corrected chi connectivity index (χ4v) is 3.06. The molecule has 136 valence electrons. The van der Waals surface area contributed by atoms with Crippen LogP contribution in [0.5, 0.6) is 0 Å². The molecule has 1 aliphatic rings. The van der Waals surface area contributed by atoms with Crippen molar-refractivity contribution in [2.24, 2.45) is 0 Å². The predicted octanol–water partition coefficient (Wildman–Crippen LogP) is 1.07. The van der Waals surface area contributed by atoms with Crippen LogP contribution in [0.25, 0.3) is 0 Å². The summed E-state index contributed by atoms with van der Waals surface area (Å²) in [4.78, 5) is 18.7. The lowest BCUT2D eigenvalue weighted by molar-refractivity contribution is -0.125. The number of hydrogen-bond donors (Lipinski definition) is 1. The Morgan fingerprint density at radius 1 is 1.48 bits per heavy atom. The van der Waals surface area contributed by atoms with Crippen molar-refractivity contribution in [2.45, 2.75) is 39.5 Å². The molecule has 0 radical (unpaired) electrons. The number of furan rings is 1. The molecule has 0 aromatic carbocycles. The highest BCUT2D eigenvalue weighted by Gasteiger charge is 2.24. The van der Waals surface area contributed by atoms with E-state index in [-0.39, 0.29) is 18.1 Å². The molecule has 1 amide bonds. The predicted molar refractivity (Wildman–Crippen MR) is 90.9 cm³/mol. The van der Waals surface area contributed by atoms with Crippen LogP contribution in [0.4, 0.5) is 0 Å². The van der Waals surface area contributed by atoms with Crippen LogP contribution < -0.4 is 5.32 Å². The van der Waals surface area contributed by atoms with Crippen LogP contribution in [0.2, 0.25) is 0 Å². The zero-order chi connectivity index (χ0) is 17.8. The van der Waals surface area contributed by atoms with Crippen molar-refractivity contribution in [3.05, 3.63) is 35.8 Å². The van der Waals surface area contributed by atoms with Crippen molar-refractivity contribution in [1.29, 1.82) is 0 Å². The average Bonchev–Trinajstić information content (AvgIpc) is 3.18. The van der Waals surface area contributed by atoms with Gasteiger partial charge in [-0.3, -0.25) is 9.69 Å². The number of rotatable bonds is 6. The molecule has 2 aromatic rings. The smallest absolute Gasteiger partial charge is 0.234 e. The minimum atomic E-state index is -0.139. The van der Waals surface area contributed by atoms with E-state index >= 15 is 0 Å². The van der Waals surface area contributed by atoms with Gasteiger partial charge >= 0.3 is 0 Å². The molecule has 8 nitrogen and oxygen atoms in total. The molecule has 25 heavy (non-hydrogen) atoms. The van der Waals surface area contributed by atoms with Crippen LogP contribution in [0.3, 0.4) is 0 Å². The van der Waals surface area contributed by atoms with E-state index in [4.69, 9.17) is 9.15 Å². The zero-order valence-electron chi connectivity index (χ0n) is 14.9. The maximum atomic E-state index is 12.3. The molecular formula is C17H25N5O3. The van der Waals surface area contributed by atoms with E-state index in [1.807, 2.05) is 37.6 Å². The number of amides is 1. The molecule has 2 atom stereocenters. The number of carbonyl (C=O) groups is 1. The first-order chi connectivity index (χ1) is 12.0. The van der Waals surface area contributed by atoms with Gasteiger partial charge in [-0.05, 0) is 32.9 Å². The van der Waals surface area contributed by atoms with Gasteiger partial charge < -0.3 is 14.5 Å². The summed E-state index contributed by atoms with van der Waals surface area (Å²) in [6.07, 6.45) is 1.61. The molecule has 3 rings (SSSR count). The molecule has 3 heterocycles. The number of aromatic nitrogens is 3. The quantitative estimate of drug-likeness (QED) is 0.841. The molecule has 0 aliphatic carbocycles. The molecule has 0 bridgehead atoms. The first-order valence-corrected chi connectivity index (χ1v) is 8.56. The highest BCUT2D eigenvalue weighted by atomic mass is 16.5. The van der Waals surface area contributed by atoms with Gasteiger partial charge in [-0.1, -0.05) is 0 Å². The third-order valence-corrected chi connectivity index (χ3v) is 4.28. The van der Waals surface area contributed by atoms with E-state index in [9.17, 15) is 4.79 Å². The SMILES string of the molecule is Cc1nc(C)n(C[C@@H]2CN(CC(=O)N[C@@H](C)c3ccco3)CCO2)n1. The Labute approximate surface area is 147 Å². The van der Waals surface area contributed by atoms with Crippen LogP contribution in [0.1, 0.15) is 30.4 Å². The summed E-state index contributed by atoms with van der Waals surface area (Å²) in [5.74, 6) is 2.38. The van der Waals surface area contributed by atoms with Gasteiger partial charge in [0, 0.05) is 13.1 Å². The topological polar surface area (TPSA) is 85.4 Å². The Kier molecular flexibility index (Phi) is 5.50. The average molecular weight is 347 g/mol. The lowest BCUT2D eigenvalue weighted by Crippen LogP contribution is -2.48. The van der Waals surface area contributed by atoms with Gasteiger partial charge in [0.25, 0.3) is 0 Å². The molecule has 1 saturated heterocycles. The zero-order valence-corrected chi connectivity index (χ0v) is 14.9. The van der Waals surface area contributed by atoms with Crippen molar-refractivity contribution < 1.29 is 13.9 Å². The Morgan fingerprint density at radius 3 is 3.00 bits per heavy atom. The lowest BCUT2D eigenvalue weighted by atomic mass is 10.2. The van der Waals surface area contributed by atoms with E-state index in [0.717, 1.165) is 24.0 Å². The molecule has 8 heteroatoms. The highest BCUT2D eigenvalue weighted by Crippen LogP contribution is 2.13. The molecule has 0 saturated carbocycles. The molecule has 0 spiro atoms. The third kappa shape index (κ3) is 4.67. The molecular weight excluding hydrogens is 322 g/mol. The maximum Gasteiger partial charge on any atom is 0.234 e. The van der Waals surface area contributed by atoms with E-state index in [1.54, 1.807) is 6.26 Å². The summed E-state index contributed by atoms with van der Waals surface area (Å²) < 4.78 is 13.0. The highest BCUT2D eigenvalue weighted by molar-refractivity contribution is 5.78.